The first-order valence-corrected chi connectivity index (χ1v) is 6.67. The summed E-state index contributed by atoms with van der Waals surface area (Å²) >= 11 is 0. The molecule has 0 saturated carbocycles. The van der Waals surface area contributed by atoms with Crippen LogP contribution in [0.1, 0.15) is 21.6 Å². The molecule has 0 bridgehead atoms. The van der Waals surface area contributed by atoms with Gasteiger partial charge in [-0.3, -0.25) is 9.78 Å². The van der Waals surface area contributed by atoms with E-state index in [0.29, 0.717) is 30.2 Å². The molecule has 0 saturated heterocycles. The fraction of sp³-hybridized carbons (Fsp3) is 0.250. The van der Waals surface area contributed by atoms with Crippen LogP contribution in [0.25, 0.3) is 0 Å². The fourth-order valence-corrected chi connectivity index (χ4v) is 2.50. The average molecular weight is 284 g/mol. The van der Waals surface area contributed by atoms with Gasteiger partial charge in [0.1, 0.15) is 0 Å². The van der Waals surface area contributed by atoms with Gasteiger partial charge in [0.2, 0.25) is 0 Å². The molecule has 2 aromatic rings. The maximum atomic E-state index is 12.6. The van der Waals surface area contributed by atoms with Gasteiger partial charge in [-0.2, -0.15) is 0 Å². The number of pyridine rings is 1. The third-order valence-electron chi connectivity index (χ3n) is 3.60. The molecule has 0 N–H and O–H groups in total. The van der Waals surface area contributed by atoms with Crippen molar-refractivity contribution in [1.29, 1.82) is 0 Å². The molecule has 0 spiro atoms. The quantitative estimate of drug-likeness (QED) is 0.867. The maximum absolute atomic E-state index is 12.6. The Morgan fingerprint density at radius 3 is 2.67 bits per heavy atom. The number of methoxy groups -OCH3 is 2. The highest BCUT2D eigenvalue weighted by Gasteiger charge is 2.25. The van der Waals surface area contributed by atoms with Crippen LogP contribution in [-0.2, 0) is 13.1 Å². The first kappa shape index (κ1) is 13.4. The number of ether oxygens (including phenoxy) is 2. The number of hydrogen-bond donors (Lipinski definition) is 0. The molecular formula is C16H16N2O3. The summed E-state index contributed by atoms with van der Waals surface area (Å²) in [6, 6.07) is 9.10. The Morgan fingerprint density at radius 2 is 1.95 bits per heavy atom. The van der Waals surface area contributed by atoms with Gasteiger partial charge < -0.3 is 14.4 Å². The number of aromatic nitrogens is 1. The number of carbonyl (C=O) groups excluding carboxylic acids is 1. The standard InChI is InChI=1S/C16H16N2O3/c1-20-14-6-5-11(8-15(14)21-2)16(19)18-9-12-4-3-7-17-13(12)10-18/h3-8H,9-10H2,1-2H3. The van der Waals surface area contributed by atoms with Gasteiger partial charge in [-0.1, -0.05) is 6.07 Å². The highest BCUT2D eigenvalue weighted by Crippen LogP contribution is 2.29. The van der Waals surface area contributed by atoms with E-state index >= 15 is 0 Å². The van der Waals surface area contributed by atoms with E-state index in [1.165, 1.54) is 0 Å². The highest BCUT2D eigenvalue weighted by atomic mass is 16.5. The summed E-state index contributed by atoms with van der Waals surface area (Å²) in [7, 11) is 3.13. The van der Waals surface area contributed by atoms with Gasteiger partial charge in [0.25, 0.3) is 5.91 Å². The summed E-state index contributed by atoms with van der Waals surface area (Å²) in [6.07, 6.45) is 1.75. The SMILES string of the molecule is COc1ccc(C(=O)N2Cc3cccnc3C2)cc1OC. The number of benzene rings is 1. The molecule has 1 amide bonds. The molecule has 0 radical (unpaired) electrons. The van der Waals surface area contributed by atoms with E-state index in [1.807, 2.05) is 12.1 Å². The molecule has 2 heterocycles. The summed E-state index contributed by atoms with van der Waals surface area (Å²) in [5.41, 5.74) is 2.65. The Balaban J connectivity index is 1.84. The Hall–Kier alpha value is -2.56. The van der Waals surface area contributed by atoms with Crippen LogP contribution in [0.5, 0.6) is 11.5 Å². The third-order valence-corrected chi connectivity index (χ3v) is 3.60. The lowest BCUT2D eigenvalue weighted by Crippen LogP contribution is -2.25. The lowest BCUT2D eigenvalue weighted by Gasteiger charge is -2.16. The van der Waals surface area contributed by atoms with E-state index in [9.17, 15) is 4.79 Å². The Kier molecular flexibility index (Phi) is 3.48. The smallest absolute Gasteiger partial charge is 0.254 e. The molecule has 108 valence electrons. The van der Waals surface area contributed by atoms with E-state index in [2.05, 4.69) is 4.98 Å². The number of nitrogens with zero attached hydrogens (tertiary/aromatic N) is 2. The van der Waals surface area contributed by atoms with Crippen LogP contribution < -0.4 is 9.47 Å². The summed E-state index contributed by atoms with van der Waals surface area (Å²) in [4.78, 5) is 18.7. The first-order valence-electron chi connectivity index (χ1n) is 6.67. The fourth-order valence-electron chi connectivity index (χ4n) is 2.50. The third kappa shape index (κ3) is 2.42. The second-order valence-corrected chi connectivity index (χ2v) is 4.84. The van der Waals surface area contributed by atoms with Gasteiger partial charge in [-0.25, -0.2) is 0 Å². The van der Waals surface area contributed by atoms with Crippen LogP contribution in [-0.4, -0.2) is 30.0 Å². The Bertz CT molecular complexity index is 660. The van der Waals surface area contributed by atoms with Crippen LogP contribution in [0, 0.1) is 0 Å². The largest absolute Gasteiger partial charge is 0.493 e. The summed E-state index contributed by atoms with van der Waals surface area (Å²) in [5, 5.41) is 0. The van der Waals surface area contributed by atoms with Gasteiger partial charge in [-0.15, -0.1) is 0 Å². The lowest BCUT2D eigenvalue weighted by atomic mass is 10.1. The Labute approximate surface area is 123 Å². The zero-order valence-corrected chi connectivity index (χ0v) is 12.0. The molecule has 5 nitrogen and oxygen atoms in total. The first-order chi connectivity index (χ1) is 10.2. The van der Waals surface area contributed by atoms with Crippen molar-refractivity contribution < 1.29 is 14.3 Å². The van der Waals surface area contributed by atoms with Crippen LogP contribution in [0.3, 0.4) is 0 Å². The van der Waals surface area contributed by atoms with Crippen molar-refractivity contribution in [2.75, 3.05) is 14.2 Å². The van der Waals surface area contributed by atoms with Crippen LogP contribution in [0.4, 0.5) is 0 Å². The predicted octanol–water partition coefficient (Wildman–Crippen LogP) is 2.25. The highest BCUT2D eigenvalue weighted by molar-refractivity contribution is 5.95. The molecule has 1 aromatic heterocycles. The second kappa shape index (κ2) is 5.44. The number of hydrogen-bond acceptors (Lipinski definition) is 4. The van der Waals surface area contributed by atoms with Crippen LogP contribution in [0.2, 0.25) is 0 Å². The molecular weight excluding hydrogens is 268 g/mol. The van der Waals surface area contributed by atoms with Gasteiger partial charge in [-0.05, 0) is 29.8 Å². The van der Waals surface area contributed by atoms with Gasteiger partial charge >= 0.3 is 0 Å². The number of rotatable bonds is 3. The van der Waals surface area contributed by atoms with Crippen molar-refractivity contribution >= 4 is 5.91 Å². The molecule has 0 atom stereocenters. The van der Waals surface area contributed by atoms with Crippen LogP contribution in [0.15, 0.2) is 36.5 Å². The van der Waals surface area contributed by atoms with Gasteiger partial charge in [0.15, 0.2) is 11.5 Å². The molecule has 3 rings (SSSR count). The minimum atomic E-state index is -0.0334. The minimum Gasteiger partial charge on any atom is -0.493 e. The van der Waals surface area contributed by atoms with Crippen molar-refractivity contribution in [2.45, 2.75) is 13.1 Å². The lowest BCUT2D eigenvalue weighted by molar-refractivity contribution is 0.0750. The molecule has 1 aliphatic heterocycles. The zero-order valence-electron chi connectivity index (χ0n) is 12.0. The molecule has 0 fully saturated rings. The van der Waals surface area contributed by atoms with Crippen molar-refractivity contribution in [3.63, 3.8) is 0 Å². The Morgan fingerprint density at radius 1 is 1.14 bits per heavy atom. The van der Waals surface area contributed by atoms with E-state index in [-0.39, 0.29) is 5.91 Å². The molecule has 21 heavy (non-hydrogen) atoms. The van der Waals surface area contributed by atoms with E-state index < -0.39 is 0 Å². The number of amides is 1. The second-order valence-electron chi connectivity index (χ2n) is 4.84. The normalized spacial score (nSPS) is 13.0. The summed E-state index contributed by atoms with van der Waals surface area (Å²) in [6.45, 7) is 1.14. The van der Waals surface area contributed by atoms with Crippen molar-refractivity contribution in [1.82, 2.24) is 9.88 Å². The molecule has 1 aromatic carbocycles. The molecule has 1 aliphatic rings. The average Bonchev–Trinajstić information content (AvgIpc) is 2.97. The molecule has 0 unspecified atom stereocenters. The van der Waals surface area contributed by atoms with Gasteiger partial charge in [0.05, 0.1) is 26.5 Å². The summed E-state index contributed by atoms with van der Waals surface area (Å²) in [5.74, 6) is 1.13. The van der Waals surface area contributed by atoms with Crippen molar-refractivity contribution in [2.24, 2.45) is 0 Å². The number of fused-ring (bicyclic) bond motifs is 1. The van der Waals surface area contributed by atoms with E-state index in [4.69, 9.17) is 9.47 Å². The molecule has 0 aliphatic carbocycles. The topological polar surface area (TPSA) is 51.7 Å². The van der Waals surface area contributed by atoms with E-state index in [1.54, 1.807) is 43.5 Å². The predicted molar refractivity (Wildman–Crippen MR) is 77.4 cm³/mol. The zero-order chi connectivity index (χ0) is 14.8. The number of carbonyl (C=O) groups is 1. The monoisotopic (exact) mass is 284 g/mol. The van der Waals surface area contributed by atoms with E-state index in [0.717, 1.165) is 11.3 Å². The van der Waals surface area contributed by atoms with Crippen LogP contribution >= 0.6 is 0 Å². The van der Waals surface area contributed by atoms with Crippen molar-refractivity contribution in [3.8, 4) is 11.5 Å². The molecule has 5 heteroatoms. The maximum Gasteiger partial charge on any atom is 0.254 e. The minimum absolute atomic E-state index is 0.0334. The van der Waals surface area contributed by atoms with Gasteiger partial charge in [0, 0.05) is 18.3 Å². The summed E-state index contributed by atoms with van der Waals surface area (Å²) < 4.78 is 10.4. The van der Waals surface area contributed by atoms with Crippen molar-refractivity contribution in [3.05, 3.63) is 53.3 Å².